The van der Waals surface area contributed by atoms with Crippen molar-refractivity contribution < 1.29 is 14.7 Å². The molecule has 0 aliphatic heterocycles. The number of hydrogen-bond acceptors (Lipinski definition) is 3. The van der Waals surface area contributed by atoms with Crippen molar-refractivity contribution in [3.05, 3.63) is 27.8 Å². The average molecular weight is 402 g/mol. The van der Waals surface area contributed by atoms with Crippen molar-refractivity contribution in [3.63, 3.8) is 0 Å². The maximum Gasteiger partial charge on any atom is 0.306 e. The summed E-state index contributed by atoms with van der Waals surface area (Å²) in [6.07, 6.45) is 3.00. The molecule has 6 heteroatoms. The summed E-state index contributed by atoms with van der Waals surface area (Å²) in [6, 6.07) is 7.88. The number of rotatable bonds is 5. The molecule has 1 aliphatic carbocycles. The van der Waals surface area contributed by atoms with E-state index < -0.39 is 5.97 Å². The zero-order chi connectivity index (χ0) is 15.2. The van der Waals surface area contributed by atoms with Crippen LogP contribution in [0.1, 0.15) is 25.7 Å². The molecule has 2 rings (SSSR count). The fourth-order valence-electron chi connectivity index (χ4n) is 2.55. The molecular weight excluding hydrogens is 383 g/mol. The maximum atomic E-state index is 11.9. The number of carbonyl (C=O) groups excluding carboxylic acids is 1. The fourth-order valence-corrected chi connectivity index (χ4v) is 3.10. The summed E-state index contributed by atoms with van der Waals surface area (Å²) >= 11 is 2.20. The van der Waals surface area contributed by atoms with E-state index in [-0.39, 0.29) is 24.4 Å². The Morgan fingerprint density at radius 2 is 1.95 bits per heavy atom. The van der Waals surface area contributed by atoms with Crippen LogP contribution in [-0.2, 0) is 9.59 Å². The molecule has 21 heavy (non-hydrogen) atoms. The van der Waals surface area contributed by atoms with Crippen molar-refractivity contribution in [1.82, 2.24) is 5.32 Å². The van der Waals surface area contributed by atoms with Gasteiger partial charge in [0.2, 0.25) is 5.91 Å². The van der Waals surface area contributed by atoms with Crippen LogP contribution in [-0.4, -0.2) is 29.6 Å². The molecule has 0 atom stereocenters. The Hall–Kier alpha value is -1.15. The number of benzene rings is 1. The molecule has 1 aliphatic rings. The number of carboxylic acid groups (broad SMARTS) is 1. The van der Waals surface area contributed by atoms with E-state index in [1.165, 1.54) is 0 Å². The van der Waals surface area contributed by atoms with Gasteiger partial charge >= 0.3 is 5.97 Å². The number of amides is 1. The predicted molar refractivity (Wildman–Crippen MR) is 89.2 cm³/mol. The highest BCUT2D eigenvalue weighted by Crippen LogP contribution is 2.24. The second-order valence-electron chi connectivity index (χ2n) is 5.33. The van der Waals surface area contributed by atoms with Gasteiger partial charge in [-0.1, -0.05) is 6.07 Å². The van der Waals surface area contributed by atoms with Gasteiger partial charge in [-0.05, 0) is 66.5 Å². The van der Waals surface area contributed by atoms with E-state index in [4.69, 9.17) is 5.11 Å². The first-order chi connectivity index (χ1) is 10.0. The second-order valence-corrected chi connectivity index (χ2v) is 6.57. The SMILES string of the molecule is O=C(CNC1CCC(C(=O)O)CC1)Nc1cccc(I)c1. The molecule has 0 saturated heterocycles. The van der Waals surface area contributed by atoms with Crippen LogP contribution in [0.5, 0.6) is 0 Å². The van der Waals surface area contributed by atoms with Gasteiger partial charge in [-0.2, -0.15) is 0 Å². The number of carboxylic acids is 1. The third-order valence-electron chi connectivity index (χ3n) is 3.74. The lowest BCUT2D eigenvalue weighted by molar-refractivity contribution is -0.143. The zero-order valence-electron chi connectivity index (χ0n) is 11.6. The summed E-state index contributed by atoms with van der Waals surface area (Å²) in [5.41, 5.74) is 0.795. The van der Waals surface area contributed by atoms with E-state index in [1.54, 1.807) is 0 Å². The summed E-state index contributed by atoms with van der Waals surface area (Å²) in [7, 11) is 0. The highest BCUT2D eigenvalue weighted by atomic mass is 127. The monoisotopic (exact) mass is 402 g/mol. The van der Waals surface area contributed by atoms with E-state index in [1.807, 2.05) is 24.3 Å². The van der Waals surface area contributed by atoms with Gasteiger partial charge in [-0.3, -0.25) is 9.59 Å². The number of nitrogens with one attached hydrogen (secondary N) is 2. The molecule has 0 aromatic heterocycles. The Morgan fingerprint density at radius 1 is 1.24 bits per heavy atom. The van der Waals surface area contributed by atoms with Crippen molar-refractivity contribution in [3.8, 4) is 0 Å². The van der Waals surface area contributed by atoms with Crippen LogP contribution in [0.4, 0.5) is 5.69 Å². The topological polar surface area (TPSA) is 78.4 Å². The average Bonchev–Trinajstić information content (AvgIpc) is 2.45. The first kappa shape index (κ1) is 16.2. The lowest BCUT2D eigenvalue weighted by Crippen LogP contribution is -2.39. The molecule has 0 bridgehead atoms. The lowest BCUT2D eigenvalue weighted by Gasteiger charge is -2.26. The normalized spacial score (nSPS) is 21.8. The number of halogens is 1. The van der Waals surface area contributed by atoms with E-state index in [9.17, 15) is 9.59 Å². The molecule has 1 fully saturated rings. The Bertz CT molecular complexity index is 513. The maximum absolute atomic E-state index is 11.9. The summed E-state index contributed by atoms with van der Waals surface area (Å²) in [5, 5.41) is 15.0. The third-order valence-corrected chi connectivity index (χ3v) is 4.41. The zero-order valence-corrected chi connectivity index (χ0v) is 13.8. The van der Waals surface area contributed by atoms with Gasteiger partial charge in [-0.25, -0.2) is 0 Å². The molecule has 0 radical (unpaired) electrons. The summed E-state index contributed by atoms with van der Waals surface area (Å²) in [5.74, 6) is -0.995. The van der Waals surface area contributed by atoms with Crippen LogP contribution >= 0.6 is 22.6 Å². The summed E-state index contributed by atoms with van der Waals surface area (Å²) in [6.45, 7) is 0.258. The molecule has 0 spiro atoms. The van der Waals surface area contributed by atoms with Crippen molar-refractivity contribution in [2.24, 2.45) is 5.92 Å². The van der Waals surface area contributed by atoms with Gasteiger partial charge in [0.05, 0.1) is 12.5 Å². The van der Waals surface area contributed by atoms with E-state index >= 15 is 0 Å². The molecule has 1 aromatic carbocycles. The van der Waals surface area contributed by atoms with E-state index in [0.717, 1.165) is 22.1 Å². The number of carbonyl (C=O) groups is 2. The van der Waals surface area contributed by atoms with E-state index in [0.29, 0.717) is 12.8 Å². The van der Waals surface area contributed by atoms with Gasteiger partial charge in [0.15, 0.2) is 0 Å². The number of aliphatic carboxylic acids is 1. The highest BCUT2D eigenvalue weighted by Gasteiger charge is 2.25. The van der Waals surface area contributed by atoms with Crippen LogP contribution in [0.25, 0.3) is 0 Å². The molecule has 0 heterocycles. The first-order valence-corrected chi connectivity index (χ1v) is 8.14. The van der Waals surface area contributed by atoms with Crippen LogP contribution in [0, 0.1) is 9.49 Å². The molecule has 5 nitrogen and oxygen atoms in total. The molecule has 1 saturated carbocycles. The standard InChI is InChI=1S/C15H19IN2O3/c16-11-2-1-3-13(8-11)18-14(19)9-17-12-6-4-10(5-7-12)15(20)21/h1-3,8,10,12,17H,4-7,9H2,(H,18,19)(H,20,21). The van der Waals surface area contributed by atoms with Gasteiger partial charge in [-0.15, -0.1) is 0 Å². The largest absolute Gasteiger partial charge is 0.481 e. The van der Waals surface area contributed by atoms with Crippen molar-refractivity contribution in [2.75, 3.05) is 11.9 Å². The lowest BCUT2D eigenvalue weighted by atomic mass is 9.86. The molecule has 0 unspecified atom stereocenters. The number of anilines is 1. The Morgan fingerprint density at radius 3 is 2.57 bits per heavy atom. The molecular formula is C15H19IN2O3. The van der Waals surface area contributed by atoms with Crippen LogP contribution in [0.3, 0.4) is 0 Å². The summed E-state index contributed by atoms with van der Waals surface area (Å²) < 4.78 is 1.07. The second kappa shape index (κ2) is 7.74. The molecule has 3 N–H and O–H groups in total. The molecule has 1 amide bonds. The quantitative estimate of drug-likeness (QED) is 0.662. The fraction of sp³-hybridized carbons (Fsp3) is 0.467. The highest BCUT2D eigenvalue weighted by molar-refractivity contribution is 14.1. The summed E-state index contributed by atoms with van der Waals surface area (Å²) in [4.78, 5) is 22.7. The van der Waals surface area contributed by atoms with Crippen LogP contribution < -0.4 is 10.6 Å². The van der Waals surface area contributed by atoms with Crippen LogP contribution in [0.15, 0.2) is 24.3 Å². The molecule has 1 aromatic rings. The Kier molecular flexibility index (Phi) is 5.98. The number of hydrogen-bond donors (Lipinski definition) is 3. The van der Waals surface area contributed by atoms with Crippen molar-refractivity contribution >= 4 is 40.2 Å². The Labute approximate surface area is 137 Å². The van der Waals surface area contributed by atoms with Crippen molar-refractivity contribution in [1.29, 1.82) is 0 Å². The first-order valence-electron chi connectivity index (χ1n) is 7.06. The van der Waals surface area contributed by atoms with Gasteiger partial charge in [0.1, 0.15) is 0 Å². The smallest absolute Gasteiger partial charge is 0.306 e. The minimum atomic E-state index is -0.704. The third kappa shape index (κ3) is 5.28. The van der Waals surface area contributed by atoms with E-state index in [2.05, 4.69) is 33.2 Å². The van der Waals surface area contributed by atoms with Crippen molar-refractivity contribution in [2.45, 2.75) is 31.7 Å². The van der Waals surface area contributed by atoms with Gasteiger partial charge in [0, 0.05) is 15.3 Å². The predicted octanol–water partition coefficient (Wildman–Crippen LogP) is 2.46. The van der Waals surface area contributed by atoms with Gasteiger partial charge < -0.3 is 15.7 Å². The van der Waals surface area contributed by atoms with Crippen LogP contribution in [0.2, 0.25) is 0 Å². The molecule has 114 valence electrons. The minimum absolute atomic E-state index is 0.0719. The minimum Gasteiger partial charge on any atom is -0.481 e. The Balaban J connectivity index is 1.71. The van der Waals surface area contributed by atoms with Gasteiger partial charge in [0.25, 0.3) is 0 Å².